The molecule has 136 valence electrons. The highest BCUT2D eigenvalue weighted by atomic mass is 19.1. The lowest BCUT2D eigenvalue weighted by atomic mass is 9.48. The van der Waals surface area contributed by atoms with Gasteiger partial charge in [-0.2, -0.15) is 0 Å². The first-order chi connectivity index (χ1) is 12.5. The second kappa shape index (κ2) is 6.40. The fourth-order valence-electron chi connectivity index (χ4n) is 4.63. The molecule has 26 heavy (non-hydrogen) atoms. The minimum absolute atomic E-state index is 0.0401. The number of fused-ring (bicyclic) bond motifs is 2. The minimum atomic E-state index is -0.363. The van der Waals surface area contributed by atoms with Crippen molar-refractivity contribution in [2.75, 3.05) is 19.7 Å². The summed E-state index contributed by atoms with van der Waals surface area (Å²) in [5.41, 5.74) is 1.45. The van der Waals surface area contributed by atoms with E-state index < -0.39 is 0 Å². The third-order valence-electron chi connectivity index (χ3n) is 5.70. The number of halogens is 1. The molecule has 2 aromatic rings. The van der Waals surface area contributed by atoms with Crippen molar-refractivity contribution in [2.24, 2.45) is 5.41 Å². The summed E-state index contributed by atoms with van der Waals surface area (Å²) in [4.78, 5) is 14.3. The summed E-state index contributed by atoms with van der Waals surface area (Å²) < 4.78 is 18.7. The monoisotopic (exact) mass is 355 g/mol. The molecule has 1 aliphatic carbocycles. The van der Waals surface area contributed by atoms with E-state index in [9.17, 15) is 14.3 Å². The van der Waals surface area contributed by atoms with Crippen LogP contribution in [0.5, 0.6) is 0 Å². The minimum Gasteiger partial charge on any atom is -0.445 e. The number of nitrogens with zero attached hydrogens (tertiary/aromatic N) is 1. The van der Waals surface area contributed by atoms with Crippen molar-refractivity contribution in [2.45, 2.75) is 24.9 Å². The number of amides is 1. The van der Waals surface area contributed by atoms with E-state index in [2.05, 4.69) is 0 Å². The number of rotatable bonds is 4. The van der Waals surface area contributed by atoms with Crippen LogP contribution in [0.15, 0.2) is 54.6 Å². The second-order valence-corrected chi connectivity index (χ2v) is 7.70. The molecule has 0 atom stereocenters. The van der Waals surface area contributed by atoms with E-state index in [1.807, 2.05) is 30.3 Å². The molecule has 5 heteroatoms. The Labute approximate surface area is 152 Å². The molecule has 0 spiro atoms. The molecule has 2 aliphatic heterocycles. The van der Waals surface area contributed by atoms with E-state index in [1.165, 1.54) is 12.1 Å². The lowest BCUT2D eigenvalue weighted by Gasteiger charge is -2.63. The van der Waals surface area contributed by atoms with Crippen LogP contribution in [0.3, 0.4) is 0 Å². The van der Waals surface area contributed by atoms with Gasteiger partial charge in [0.15, 0.2) is 0 Å². The lowest BCUT2D eigenvalue weighted by Crippen LogP contribution is -2.67. The number of hydrogen-bond donors (Lipinski definition) is 1. The van der Waals surface area contributed by atoms with Crippen LogP contribution in [0.4, 0.5) is 9.18 Å². The zero-order valence-corrected chi connectivity index (χ0v) is 14.5. The summed E-state index contributed by atoms with van der Waals surface area (Å²) in [5, 5.41) is 9.86. The van der Waals surface area contributed by atoms with Crippen LogP contribution in [0.1, 0.15) is 24.0 Å². The highest BCUT2D eigenvalue weighted by Gasteiger charge is 2.60. The first kappa shape index (κ1) is 17.0. The molecule has 4 nitrogen and oxygen atoms in total. The van der Waals surface area contributed by atoms with Gasteiger partial charge < -0.3 is 14.7 Å². The standard InChI is InChI=1S/C21H22FNO3/c22-18-8-6-17(7-9-18)21-11-20(12-21,15-24)13-23(14-21)19(25)26-10-16-4-2-1-3-5-16/h1-9,24H,10-15H2. The molecular formula is C21H22FNO3. The maximum Gasteiger partial charge on any atom is 0.410 e. The van der Waals surface area contributed by atoms with Gasteiger partial charge in [0.05, 0.1) is 6.61 Å². The van der Waals surface area contributed by atoms with Crippen LogP contribution in [0, 0.1) is 11.2 Å². The van der Waals surface area contributed by atoms with Crippen LogP contribution >= 0.6 is 0 Å². The SMILES string of the molecule is O=C(OCc1ccccc1)N1CC2(CO)CC(c3ccc(F)cc3)(C1)C2. The van der Waals surface area contributed by atoms with E-state index in [1.54, 1.807) is 17.0 Å². The lowest BCUT2D eigenvalue weighted by molar-refractivity contribution is -0.107. The zero-order chi connectivity index (χ0) is 18.2. The van der Waals surface area contributed by atoms with Gasteiger partial charge in [-0.25, -0.2) is 9.18 Å². The zero-order valence-electron chi connectivity index (χ0n) is 14.5. The van der Waals surface area contributed by atoms with Gasteiger partial charge in [0, 0.05) is 23.9 Å². The van der Waals surface area contributed by atoms with Crippen molar-refractivity contribution < 1.29 is 19.0 Å². The van der Waals surface area contributed by atoms with Gasteiger partial charge in [0.2, 0.25) is 0 Å². The average molecular weight is 355 g/mol. The van der Waals surface area contributed by atoms with Gasteiger partial charge in [0.1, 0.15) is 12.4 Å². The summed E-state index contributed by atoms with van der Waals surface area (Å²) in [7, 11) is 0. The van der Waals surface area contributed by atoms with Gasteiger partial charge in [-0.3, -0.25) is 0 Å². The Hall–Kier alpha value is -2.40. The summed E-state index contributed by atoms with van der Waals surface area (Å²) in [6.07, 6.45) is 1.26. The van der Waals surface area contributed by atoms with E-state index in [0.29, 0.717) is 13.1 Å². The van der Waals surface area contributed by atoms with E-state index >= 15 is 0 Å². The van der Waals surface area contributed by atoms with Crippen LogP contribution in [-0.2, 0) is 16.8 Å². The molecular weight excluding hydrogens is 333 g/mol. The summed E-state index contributed by atoms with van der Waals surface area (Å²) in [6.45, 7) is 1.30. The third kappa shape index (κ3) is 2.97. The molecule has 5 rings (SSSR count). The highest BCUT2D eigenvalue weighted by molar-refractivity contribution is 5.68. The molecule has 2 heterocycles. The summed E-state index contributed by atoms with van der Waals surface area (Å²) in [6, 6.07) is 16.0. The first-order valence-corrected chi connectivity index (χ1v) is 8.87. The molecule has 0 radical (unpaired) electrons. The predicted octanol–water partition coefficient (Wildman–Crippen LogP) is 3.49. The quantitative estimate of drug-likeness (QED) is 0.913. The Bertz CT molecular complexity index is 785. The largest absolute Gasteiger partial charge is 0.445 e. The molecule has 2 saturated heterocycles. The van der Waals surface area contributed by atoms with Crippen molar-refractivity contribution in [3.05, 3.63) is 71.5 Å². The molecule has 1 N–H and O–H groups in total. The molecule has 3 fully saturated rings. The van der Waals surface area contributed by atoms with Gasteiger partial charge in [-0.05, 0) is 36.1 Å². The second-order valence-electron chi connectivity index (χ2n) is 7.70. The van der Waals surface area contributed by atoms with Crippen molar-refractivity contribution in [1.82, 2.24) is 4.90 Å². The summed E-state index contributed by atoms with van der Waals surface area (Å²) >= 11 is 0. The van der Waals surface area contributed by atoms with Crippen LogP contribution in [0.25, 0.3) is 0 Å². The van der Waals surface area contributed by atoms with Crippen molar-refractivity contribution in [3.63, 3.8) is 0 Å². The predicted molar refractivity (Wildman–Crippen MR) is 95.0 cm³/mol. The van der Waals surface area contributed by atoms with Gasteiger partial charge >= 0.3 is 6.09 Å². The molecule has 2 bridgehead atoms. The van der Waals surface area contributed by atoms with E-state index in [4.69, 9.17) is 4.74 Å². The Kier molecular flexibility index (Phi) is 4.19. The highest BCUT2D eigenvalue weighted by Crippen LogP contribution is 2.59. The van der Waals surface area contributed by atoms with Crippen LogP contribution < -0.4 is 0 Å². The van der Waals surface area contributed by atoms with Gasteiger partial charge in [-0.15, -0.1) is 0 Å². The van der Waals surface area contributed by atoms with Crippen LogP contribution in [0.2, 0.25) is 0 Å². The first-order valence-electron chi connectivity index (χ1n) is 8.87. The number of ether oxygens (including phenoxy) is 1. The molecule has 0 aromatic heterocycles. The molecule has 0 unspecified atom stereocenters. The number of hydrogen-bond acceptors (Lipinski definition) is 3. The number of carbonyl (C=O) groups is 1. The Morgan fingerprint density at radius 2 is 1.77 bits per heavy atom. The van der Waals surface area contributed by atoms with Crippen LogP contribution in [-0.4, -0.2) is 35.8 Å². The maximum atomic E-state index is 13.3. The Morgan fingerprint density at radius 1 is 1.08 bits per heavy atom. The summed E-state index contributed by atoms with van der Waals surface area (Å²) in [5.74, 6) is -0.271. The molecule has 1 amide bonds. The van der Waals surface area contributed by atoms with Crippen molar-refractivity contribution in [3.8, 4) is 0 Å². The smallest absolute Gasteiger partial charge is 0.410 e. The fourth-order valence-corrected chi connectivity index (χ4v) is 4.63. The Morgan fingerprint density at radius 3 is 2.42 bits per heavy atom. The average Bonchev–Trinajstić information content (AvgIpc) is 2.66. The number of piperidine rings is 2. The number of aliphatic hydroxyl groups is 1. The third-order valence-corrected chi connectivity index (χ3v) is 5.70. The number of carbonyl (C=O) groups excluding carboxylic acids is 1. The maximum absolute atomic E-state index is 13.3. The van der Waals surface area contributed by atoms with Crippen molar-refractivity contribution >= 4 is 6.09 Å². The van der Waals surface area contributed by atoms with Gasteiger partial charge in [-0.1, -0.05) is 42.5 Å². The molecule has 2 aromatic carbocycles. The normalized spacial score (nSPS) is 26.9. The van der Waals surface area contributed by atoms with Gasteiger partial charge in [0.25, 0.3) is 0 Å². The van der Waals surface area contributed by atoms with E-state index in [0.717, 1.165) is 24.0 Å². The van der Waals surface area contributed by atoms with E-state index in [-0.39, 0.29) is 36.0 Å². The molecule has 1 saturated carbocycles. The van der Waals surface area contributed by atoms with Crippen molar-refractivity contribution in [1.29, 1.82) is 0 Å². The topological polar surface area (TPSA) is 49.8 Å². The number of benzene rings is 2. The Balaban J connectivity index is 1.49. The molecule has 3 aliphatic rings. The fraction of sp³-hybridized carbons (Fsp3) is 0.381. The number of aliphatic hydroxyl groups excluding tert-OH is 1.